The van der Waals surface area contributed by atoms with Crippen LogP contribution in [0.15, 0.2) is 16.6 Å². The number of aliphatic hydroxyl groups excluding tert-OH is 3. The van der Waals surface area contributed by atoms with Gasteiger partial charge in [0.2, 0.25) is 0 Å². The maximum absolute atomic E-state index is 12.6. The first-order chi connectivity index (χ1) is 19.5. The normalized spacial score (nSPS) is 51.6. The summed E-state index contributed by atoms with van der Waals surface area (Å²) in [5.41, 5.74) is -2.09. The summed E-state index contributed by atoms with van der Waals surface area (Å²) >= 11 is 0. The van der Waals surface area contributed by atoms with Crippen molar-refractivity contribution in [2.75, 3.05) is 19.8 Å². The van der Waals surface area contributed by atoms with Crippen molar-refractivity contribution in [2.45, 2.75) is 120 Å². The fourth-order valence-corrected chi connectivity index (χ4v) is 10.1. The molecule has 1 saturated heterocycles. The van der Waals surface area contributed by atoms with Crippen LogP contribution in [-0.2, 0) is 19.0 Å². The molecular weight excluding hydrogens is 530 g/mol. The molecule has 4 saturated carbocycles. The molecule has 10 heteroatoms. The molecule has 0 amide bonds. The highest BCUT2D eigenvalue weighted by atomic mass is 16.7. The van der Waals surface area contributed by atoms with Crippen molar-refractivity contribution in [1.82, 2.24) is 0 Å². The Morgan fingerprint density at radius 3 is 2.59 bits per heavy atom. The van der Waals surface area contributed by atoms with Crippen LogP contribution in [0.5, 0.6) is 0 Å². The van der Waals surface area contributed by atoms with E-state index in [0.717, 1.165) is 24.8 Å². The van der Waals surface area contributed by atoms with Crippen LogP contribution in [0.25, 0.3) is 0 Å². The van der Waals surface area contributed by atoms with E-state index < -0.39 is 41.2 Å². The van der Waals surface area contributed by atoms with Gasteiger partial charge in [-0.25, -0.2) is 4.79 Å². The highest BCUT2D eigenvalue weighted by Gasteiger charge is 2.71. The summed E-state index contributed by atoms with van der Waals surface area (Å²) < 4.78 is 17.4. The number of rotatable bonds is 6. The number of carbonyl (C=O) groups excluding carboxylic acids is 1. The van der Waals surface area contributed by atoms with Gasteiger partial charge in [-0.1, -0.05) is 6.92 Å². The average molecular weight is 578 g/mol. The Morgan fingerprint density at radius 1 is 1.10 bits per heavy atom. The third-order valence-corrected chi connectivity index (χ3v) is 12.2. The molecule has 2 heterocycles. The molecular formula is C31H47NO9. The highest BCUT2D eigenvalue weighted by molar-refractivity contribution is 5.85. The summed E-state index contributed by atoms with van der Waals surface area (Å²) in [6.45, 7) is 4.39. The Morgan fingerprint density at radius 2 is 1.88 bits per heavy atom. The maximum atomic E-state index is 12.6. The van der Waals surface area contributed by atoms with Crippen LogP contribution in [0.2, 0.25) is 0 Å². The zero-order valence-corrected chi connectivity index (χ0v) is 24.3. The number of cyclic esters (lactones) is 1. The van der Waals surface area contributed by atoms with Crippen LogP contribution in [0, 0.1) is 28.6 Å². The minimum atomic E-state index is -1.11. The molecule has 41 heavy (non-hydrogen) atoms. The molecule has 5 N–H and O–H groups in total. The van der Waals surface area contributed by atoms with Gasteiger partial charge in [0.1, 0.15) is 12.7 Å². The summed E-state index contributed by atoms with van der Waals surface area (Å²) in [6.07, 6.45) is 6.25. The topological polar surface area (TPSA) is 158 Å². The largest absolute Gasteiger partial charge is 0.458 e. The van der Waals surface area contributed by atoms with E-state index >= 15 is 0 Å². The van der Waals surface area contributed by atoms with Crippen molar-refractivity contribution in [3.05, 3.63) is 11.6 Å². The Kier molecular flexibility index (Phi) is 7.70. The average Bonchev–Trinajstić information content (AvgIpc) is 3.47. The second-order valence-electron chi connectivity index (χ2n) is 13.9. The molecule has 0 aromatic heterocycles. The quantitative estimate of drug-likeness (QED) is 0.180. The van der Waals surface area contributed by atoms with Gasteiger partial charge >= 0.3 is 5.97 Å². The van der Waals surface area contributed by atoms with E-state index in [2.05, 4.69) is 11.9 Å². The molecule has 5 fully saturated rings. The number of carbonyl (C=O) groups is 1. The lowest BCUT2D eigenvalue weighted by molar-refractivity contribution is -0.282. The van der Waals surface area contributed by atoms with Gasteiger partial charge in [-0.05, 0) is 81.6 Å². The van der Waals surface area contributed by atoms with Crippen LogP contribution in [0.3, 0.4) is 0 Å². The molecule has 4 aliphatic carbocycles. The zero-order chi connectivity index (χ0) is 29.2. The fourth-order valence-electron chi connectivity index (χ4n) is 10.1. The predicted molar refractivity (Wildman–Crippen MR) is 148 cm³/mol. The molecule has 6 aliphatic rings. The molecule has 2 aliphatic heterocycles. The summed E-state index contributed by atoms with van der Waals surface area (Å²) in [5, 5.41) is 54.8. The number of aliphatic hydroxyl groups is 5. The summed E-state index contributed by atoms with van der Waals surface area (Å²) in [5.74, 6) is -0.218. The molecule has 0 aromatic carbocycles. The van der Waals surface area contributed by atoms with E-state index in [-0.39, 0.29) is 54.8 Å². The van der Waals surface area contributed by atoms with Gasteiger partial charge in [0.25, 0.3) is 0 Å². The minimum Gasteiger partial charge on any atom is -0.458 e. The molecule has 0 radical (unpaired) electrons. The van der Waals surface area contributed by atoms with Crippen molar-refractivity contribution < 1.29 is 44.5 Å². The number of aliphatic imine (C=N–C) groups is 1. The van der Waals surface area contributed by atoms with Gasteiger partial charge in [0.05, 0.1) is 42.7 Å². The summed E-state index contributed by atoms with van der Waals surface area (Å²) in [6, 6.07) is 0. The Bertz CT molecular complexity index is 1070. The first-order valence-corrected chi connectivity index (χ1v) is 15.6. The molecule has 0 bridgehead atoms. The van der Waals surface area contributed by atoms with E-state index in [4.69, 9.17) is 14.2 Å². The Labute approximate surface area is 241 Å². The van der Waals surface area contributed by atoms with Crippen molar-refractivity contribution in [3.8, 4) is 0 Å². The molecule has 6 rings (SSSR count). The third-order valence-electron chi connectivity index (χ3n) is 12.2. The molecule has 12 unspecified atom stereocenters. The first kappa shape index (κ1) is 29.7. The third kappa shape index (κ3) is 4.55. The molecule has 10 nitrogen and oxygen atoms in total. The lowest BCUT2D eigenvalue weighted by atomic mass is 9.41. The molecule has 230 valence electrons. The molecule has 0 spiro atoms. The monoisotopic (exact) mass is 577 g/mol. The molecule has 12 atom stereocenters. The number of hydrogen-bond donors (Lipinski definition) is 5. The van der Waals surface area contributed by atoms with Crippen LogP contribution >= 0.6 is 0 Å². The SMILES string of the molecule is CC1OC(OC2CCC3(C=NCCO)C4CCC5(C)C(C6=CC(=O)OC6)CCC5(O)C4CCC3(O)C2)CC(O)C1O. The van der Waals surface area contributed by atoms with Gasteiger partial charge in [-0.2, -0.15) is 0 Å². The smallest absolute Gasteiger partial charge is 0.331 e. The van der Waals surface area contributed by atoms with Gasteiger partial charge in [0, 0.05) is 36.0 Å². The summed E-state index contributed by atoms with van der Waals surface area (Å²) in [4.78, 5) is 16.5. The van der Waals surface area contributed by atoms with Crippen LogP contribution in [0.1, 0.15) is 78.1 Å². The zero-order valence-electron chi connectivity index (χ0n) is 24.3. The minimum absolute atomic E-state index is 0.0137. The van der Waals surface area contributed by atoms with E-state index in [1.165, 1.54) is 0 Å². The van der Waals surface area contributed by atoms with Crippen molar-refractivity contribution >= 4 is 12.2 Å². The van der Waals surface area contributed by atoms with Crippen molar-refractivity contribution in [2.24, 2.45) is 33.6 Å². The highest BCUT2D eigenvalue weighted by Crippen LogP contribution is 2.70. The fraction of sp³-hybridized carbons (Fsp3) is 0.871. The van der Waals surface area contributed by atoms with Gasteiger partial charge in [0.15, 0.2) is 6.29 Å². The van der Waals surface area contributed by atoms with Crippen molar-refractivity contribution in [3.63, 3.8) is 0 Å². The van der Waals surface area contributed by atoms with Gasteiger partial charge in [-0.15, -0.1) is 0 Å². The second-order valence-corrected chi connectivity index (χ2v) is 13.9. The van der Waals surface area contributed by atoms with Crippen LogP contribution in [-0.4, -0.2) is 99.4 Å². The van der Waals surface area contributed by atoms with E-state index in [0.29, 0.717) is 45.1 Å². The molecule has 0 aromatic rings. The van der Waals surface area contributed by atoms with E-state index in [9.17, 15) is 30.3 Å². The van der Waals surface area contributed by atoms with Crippen LogP contribution < -0.4 is 0 Å². The van der Waals surface area contributed by atoms with E-state index in [1.807, 2.05) is 6.21 Å². The number of ether oxygens (including phenoxy) is 3. The van der Waals surface area contributed by atoms with E-state index in [1.54, 1.807) is 13.0 Å². The standard InChI is InChI=1S/C31H47NO9/c1-18-27(36)24(34)14-26(40-18)41-20-3-8-29(17-32-11-12-33)22-4-7-28(2)21(19-13-25(35)39-16-19)6-10-31(28,38)23(22)5-9-30(29,37)15-20/h13,17-18,20-24,26-27,33-34,36-38H,3-12,14-16H2,1-2H3. The lowest BCUT2D eigenvalue weighted by Crippen LogP contribution is -2.69. The number of hydrogen-bond acceptors (Lipinski definition) is 10. The van der Waals surface area contributed by atoms with Gasteiger partial charge < -0.3 is 39.7 Å². The number of fused-ring (bicyclic) bond motifs is 5. The number of nitrogens with zero attached hydrogens (tertiary/aromatic N) is 1. The van der Waals surface area contributed by atoms with Crippen molar-refractivity contribution in [1.29, 1.82) is 0 Å². The maximum Gasteiger partial charge on any atom is 0.331 e. The Hall–Kier alpha value is -1.40. The van der Waals surface area contributed by atoms with Gasteiger partial charge in [-0.3, -0.25) is 4.99 Å². The van der Waals surface area contributed by atoms with Crippen LogP contribution in [0.4, 0.5) is 0 Å². The Balaban J connectivity index is 1.26. The lowest BCUT2D eigenvalue weighted by Gasteiger charge is -2.66. The first-order valence-electron chi connectivity index (χ1n) is 15.6. The predicted octanol–water partition coefficient (Wildman–Crippen LogP) is 1.64. The summed E-state index contributed by atoms with van der Waals surface area (Å²) in [7, 11) is 0. The number of esters is 1. The second kappa shape index (κ2) is 10.6.